The quantitative estimate of drug-likeness (QED) is 0.499. The number of nitro groups is 1. The van der Waals surface area contributed by atoms with Crippen LogP contribution < -0.4 is 4.90 Å². The second kappa shape index (κ2) is 7.22. The van der Waals surface area contributed by atoms with Gasteiger partial charge in [0.05, 0.1) is 23.9 Å². The average Bonchev–Trinajstić information content (AvgIpc) is 3.25. The third-order valence-corrected chi connectivity index (χ3v) is 4.31. The molecule has 0 fully saturated rings. The zero-order chi connectivity index (χ0) is 17.8. The normalized spacial score (nSPS) is 10.6. The van der Waals surface area contributed by atoms with E-state index in [2.05, 4.69) is 5.10 Å². The van der Waals surface area contributed by atoms with E-state index in [1.165, 1.54) is 57.4 Å². The Kier molecular flexibility index (Phi) is 4.85. The Morgan fingerprint density at radius 3 is 2.64 bits per heavy atom. The van der Waals surface area contributed by atoms with Crippen LogP contribution >= 0.6 is 11.3 Å². The monoisotopic (exact) mass is 360 g/mol. The molecule has 0 radical (unpaired) electrons. The molecule has 0 aliphatic rings. The summed E-state index contributed by atoms with van der Waals surface area (Å²) < 4.78 is 14.4. The molecular weight excluding hydrogens is 347 g/mol. The standard InChI is InChI=1S/C16H13FN4O3S/c17-12-3-5-13(6-4-12)20(10-14-2-1-9-25-14)16(22)11-19-8-7-15(18-19)21(23)24/h1-9H,10-11H2. The van der Waals surface area contributed by atoms with Crippen LogP contribution in [0.25, 0.3) is 0 Å². The van der Waals surface area contributed by atoms with Gasteiger partial charge >= 0.3 is 5.82 Å². The number of rotatable bonds is 6. The summed E-state index contributed by atoms with van der Waals surface area (Å²) >= 11 is 1.50. The summed E-state index contributed by atoms with van der Waals surface area (Å²) in [6, 6.07) is 10.6. The molecule has 0 bridgehead atoms. The third-order valence-electron chi connectivity index (χ3n) is 3.44. The lowest BCUT2D eigenvalue weighted by Crippen LogP contribution is -2.33. The second-order valence-corrected chi connectivity index (χ2v) is 6.20. The van der Waals surface area contributed by atoms with E-state index < -0.39 is 10.7 Å². The number of thiophene rings is 1. The maximum Gasteiger partial charge on any atom is 0.389 e. The fourth-order valence-electron chi connectivity index (χ4n) is 2.26. The summed E-state index contributed by atoms with van der Waals surface area (Å²) in [5.74, 6) is -1.02. The van der Waals surface area contributed by atoms with E-state index in [1.54, 1.807) is 0 Å². The van der Waals surface area contributed by atoms with Gasteiger partial charge in [0, 0.05) is 10.6 Å². The van der Waals surface area contributed by atoms with Gasteiger partial charge in [-0.05, 0) is 40.6 Å². The van der Waals surface area contributed by atoms with Gasteiger partial charge in [-0.1, -0.05) is 6.07 Å². The molecule has 1 amide bonds. The molecule has 3 aromatic rings. The number of amides is 1. The maximum absolute atomic E-state index is 13.2. The number of hydrogen-bond donors (Lipinski definition) is 0. The van der Waals surface area contributed by atoms with Crippen LogP contribution in [0.2, 0.25) is 0 Å². The van der Waals surface area contributed by atoms with E-state index in [1.807, 2.05) is 17.5 Å². The first-order valence-electron chi connectivity index (χ1n) is 7.29. The van der Waals surface area contributed by atoms with Crippen LogP contribution in [0, 0.1) is 15.9 Å². The Morgan fingerprint density at radius 2 is 2.04 bits per heavy atom. The van der Waals surface area contributed by atoms with Crippen molar-refractivity contribution < 1.29 is 14.1 Å². The molecule has 2 aromatic heterocycles. The molecule has 1 aromatic carbocycles. The number of aromatic nitrogens is 2. The predicted octanol–water partition coefficient (Wildman–Crippen LogP) is 3.23. The van der Waals surface area contributed by atoms with Crippen molar-refractivity contribution in [3.63, 3.8) is 0 Å². The van der Waals surface area contributed by atoms with Gasteiger partial charge in [-0.2, -0.15) is 4.68 Å². The van der Waals surface area contributed by atoms with Gasteiger partial charge in [0.25, 0.3) is 5.91 Å². The van der Waals surface area contributed by atoms with Crippen molar-refractivity contribution in [2.45, 2.75) is 13.1 Å². The molecule has 0 aliphatic heterocycles. The van der Waals surface area contributed by atoms with E-state index in [4.69, 9.17) is 0 Å². The van der Waals surface area contributed by atoms with E-state index >= 15 is 0 Å². The fourth-order valence-corrected chi connectivity index (χ4v) is 2.96. The van der Waals surface area contributed by atoms with Gasteiger partial charge in [0.15, 0.2) is 0 Å². The van der Waals surface area contributed by atoms with Gasteiger partial charge in [-0.15, -0.1) is 11.3 Å². The van der Waals surface area contributed by atoms with Crippen LogP contribution in [0.5, 0.6) is 0 Å². The predicted molar refractivity (Wildman–Crippen MR) is 90.8 cm³/mol. The molecule has 0 atom stereocenters. The topological polar surface area (TPSA) is 81.3 Å². The highest BCUT2D eigenvalue weighted by atomic mass is 32.1. The van der Waals surface area contributed by atoms with Gasteiger partial charge in [0.1, 0.15) is 12.4 Å². The minimum atomic E-state index is -0.621. The summed E-state index contributed by atoms with van der Waals surface area (Å²) in [4.78, 5) is 25.2. The van der Waals surface area contributed by atoms with Crippen LogP contribution in [-0.4, -0.2) is 20.6 Å². The van der Waals surface area contributed by atoms with Crippen LogP contribution in [0.15, 0.2) is 54.0 Å². The highest BCUT2D eigenvalue weighted by Gasteiger charge is 2.20. The molecular formula is C16H13FN4O3S. The summed E-state index contributed by atoms with van der Waals surface area (Å²) in [5.41, 5.74) is 0.543. The van der Waals surface area contributed by atoms with Gasteiger partial charge < -0.3 is 15.0 Å². The molecule has 0 unspecified atom stereocenters. The van der Waals surface area contributed by atoms with Crippen LogP contribution in [0.4, 0.5) is 15.9 Å². The molecule has 2 heterocycles. The Bertz CT molecular complexity index is 877. The molecule has 0 aliphatic carbocycles. The second-order valence-electron chi connectivity index (χ2n) is 5.16. The Labute approximate surface area is 146 Å². The van der Waals surface area contributed by atoms with Crippen LogP contribution in [-0.2, 0) is 17.9 Å². The number of halogens is 1. The molecule has 7 nitrogen and oxygen atoms in total. The lowest BCUT2D eigenvalue weighted by Gasteiger charge is -2.22. The SMILES string of the molecule is O=C(Cn1ccc([N+](=O)[O-])n1)N(Cc1cccs1)c1ccc(F)cc1. The Hall–Kier alpha value is -3.07. The highest BCUT2D eigenvalue weighted by Crippen LogP contribution is 2.21. The van der Waals surface area contributed by atoms with E-state index in [0.29, 0.717) is 12.2 Å². The van der Waals surface area contributed by atoms with Crippen molar-refractivity contribution in [1.82, 2.24) is 9.78 Å². The van der Waals surface area contributed by atoms with Gasteiger partial charge in [0.2, 0.25) is 0 Å². The van der Waals surface area contributed by atoms with Crippen molar-refractivity contribution >= 4 is 28.7 Å². The van der Waals surface area contributed by atoms with Gasteiger partial charge in [-0.3, -0.25) is 4.79 Å². The van der Waals surface area contributed by atoms with Crippen molar-refractivity contribution in [3.05, 3.63) is 74.9 Å². The van der Waals surface area contributed by atoms with E-state index in [0.717, 1.165) is 4.88 Å². The van der Waals surface area contributed by atoms with Crippen LogP contribution in [0.3, 0.4) is 0 Å². The largest absolute Gasteiger partial charge is 0.389 e. The molecule has 0 N–H and O–H groups in total. The van der Waals surface area contributed by atoms with Crippen molar-refractivity contribution in [3.8, 4) is 0 Å². The Balaban J connectivity index is 1.83. The number of benzene rings is 1. The lowest BCUT2D eigenvalue weighted by molar-refractivity contribution is -0.389. The number of anilines is 1. The first-order chi connectivity index (χ1) is 12.0. The average molecular weight is 360 g/mol. The molecule has 128 valence electrons. The molecule has 25 heavy (non-hydrogen) atoms. The summed E-state index contributed by atoms with van der Waals surface area (Å²) in [6.07, 6.45) is 1.38. The maximum atomic E-state index is 13.2. The van der Waals surface area contributed by atoms with Crippen LogP contribution in [0.1, 0.15) is 4.88 Å². The minimum absolute atomic E-state index is 0.156. The summed E-state index contributed by atoms with van der Waals surface area (Å²) in [7, 11) is 0. The molecule has 9 heteroatoms. The van der Waals surface area contributed by atoms with Gasteiger partial charge in [-0.25, -0.2) is 4.39 Å². The summed E-state index contributed by atoms with van der Waals surface area (Å²) in [6.45, 7) is 0.169. The van der Waals surface area contributed by atoms with E-state index in [-0.39, 0.29) is 18.3 Å². The highest BCUT2D eigenvalue weighted by molar-refractivity contribution is 7.09. The molecule has 0 saturated heterocycles. The third kappa shape index (κ3) is 4.07. The van der Waals surface area contributed by atoms with Crippen molar-refractivity contribution in [2.75, 3.05) is 4.90 Å². The Morgan fingerprint density at radius 1 is 1.28 bits per heavy atom. The number of hydrogen-bond acceptors (Lipinski definition) is 5. The first-order valence-corrected chi connectivity index (χ1v) is 8.17. The number of nitrogens with zero attached hydrogens (tertiary/aromatic N) is 4. The summed E-state index contributed by atoms with van der Waals surface area (Å²) in [5, 5.41) is 16.4. The fraction of sp³-hybridized carbons (Fsp3) is 0.125. The molecule has 0 saturated carbocycles. The number of carbonyl (C=O) groups is 1. The molecule has 0 spiro atoms. The zero-order valence-corrected chi connectivity index (χ0v) is 13.7. The van der Waals surface area contributed by atoms with Crippen molar-refractivity contribution in [2.24, 2.45) is 0 Å². The van der Waals surface area contributed by atoms with Crippen molar-refractivity contribution in [1.29, 1.82) is 0 Å². The van der Waals surface area contributed by atoms with E-state index in [9.17, 15) is 19.3 Å². The number of carbonyl (C=O) groups excluding carboxylic acids is 1. The minimum Gasteiger partial charge on any atom is -0.358 e. The zero-order valence-electron chi connectivity index (χ0n) is 12.9. The lowest BCUT2D eigenvalue weighted by atomic mass is 10.2. The first kappa shape index (κ1) is 16.8. The molecule has 3 rings (SSSR count). The smallest absolute Gasteiger partial charge is 0.358 e.